The van der Waals surface area contributed by atoms with Crippen LogP contribution in [0.25, 0.3) is 0 Å². The van der Waals surface area contributed by atoms with E-state index in [-0.39, 0.29) is 18.4 Å². The van der Waals surface area contributed by atoms with Gasteiger partial charge in [0.1, 0.15) is 6.54 Å². The van der Waals surface area contributed by atoms with Crippen molar-refractivity contribution in [3.63, 3.8) is 0 Å². The third-order valence-electron chi connectivity index (χ3n) is 4.79. The molecule has 0 saturated heterocycles. The fraction of sp³-hybridized carbons (Fsp3) is 0.875. The smallest absolute Gasteiger partial charge is 0.325 e. The molecule has 1 amide bonds. The molecular weight excluding hydrogens is 254 g/mol. The Kier molecular flexibility index (Phi) is 5.44. The maximum Gasteiger partial charge on any atom is 0.325 e. The van der Waals surface area contributed by atoms with E-state index in [2.05, 4.69) is 0 Å². The quantitative estimate of drug-likeness (QED) is 0.674. The number of carbonyl (C=O) groups is 2. The number of carbonyl (C=O) groups excluding carboxylic acids is 2. The fourth-order valence-electron chi connectivity index (χ4n) is 3.90. The van der Waals surface area contributed by atoms with Crippen molar-refractivity contribution >= 4 is 11.9 Å². The second-order valence-corrected chi connectivity index (χ2v) is 6.26. The first-order valence-electron chi connectivity index (χ1n) is 8.07. The summed E-state index contributed by atoms with van der Waals surface area (Å²) in [7, 11) is 0. The number of hydrogen-bond donors (Lipinski definition) is 0. The standard InChI is InChI=1S/C16H27NO3/c1-3-7-17(11-16(19)20-4-2)15(18)10-14-9-12-5-6-13(14)8-12/h12-14H,3-11H2,1-2H3. The van der Waals surface area contributed by atoms with E-state index in [0.717, 1.165) is 18.3 Å². The SMILES string of the molecule is CCCN(CC(=O)OCC)C(=O)CC1CC2CCC1C2. The van der Waals surface area contributed by atoms with Crippen LogP contribution in [0, 0.1) is 17.8 Å². The third-order valence-corrected chi connectivity index (χ3v) is 4.79. The highest BCUT2D eigenvalue weighted by atomic mass is 16.5. The minimum Gasteiger partial charge on any atom is -0.465 e. The lowest BCUT2D eigenvalue weighted by Crippen LogP contribution is -2.38. The molecule has 2 aliphatic carbocycles. The van der Waals surface area contributed by atoms with Gasteiger partial charge >= 0.3 is 5.97 Å². The lowest BCUT2D eigenvalue weighted by atomic mass is 9.86. The molecule has 4 nitrogen and oxygen atoms in total. The zero-order chi connectivity index (χ0) is 14.5. The summed E-state index contributed by atoms with van der Waals surface area (Å²) in [6, 6.07) is 0. The van der Waals surface area contributed by atoms with Crippen LogP contribution in [0.4, 0.5) is 0 Å². The van der Waals surface area contributed by atoms with E-state index in [1.165, 1.54) is 25.7 Å². The Balaban J connectivity index is 1.84. The van der Waals surface area contributed by atoms with E-state index in [1.807, 2.05) is 6.92 Å². The van der Waals surface area contributed by atoms with Gasteiger partial charge in [-0.15, -0.1) is 0 Å². The van der Waals surface area contributed by atoms with Gasteiger partial charge < -0.3 is 9.64 Å². The molecule has 0 aromatic carbocycles. The molecule has 0 aliphatic heterocycles. The van der Waals surface area contributed by atoms with Crippen molar-refractivity contribution in [2.24, 2.45) is 17.8 Å². The van der Waals surface area contributed by atoms with Crippen LogP contribution in [-0.2, 0) is 14.3 Å². The van der Waals surface area contributed by atoms with Crippen LogP contribution in [-0.4, -0.2) is 36.5 Å². The van der Waals surface area contributed by atoms with Crippen LogP contribution in [0.3, 0.4) is 0 Å². The molecule has 2 rings (SSSR count). The summed E-state index contributed by atoms with van der Waals surface area (Å²) in [6.45, 7) is 4.96. The zero-order valence-corrected chi connectivity index (χ0v) is 12.8. The summed E-state index contributed by atoms with van der Waals surface area (Å²) in [4.78, 5) is 25.7. The minimum absolute atomic E-state index is 0.112. The molecule has 4 heteroatoms. The lowest BCUT2D eigenvalue weighted by Gasteiger charge is -2.26. The fourth-order valence-corrected chi connectivity index (χ4v) is 3.90. The maximum atomic E-state index is 12.4. The molecule has 3 unspecified atom stereocenters. The first-order chi connectivity index (χ1) is 9.63. The number of amides is 1. The molecule has 2 fully saturated rings. The molecule has 2 bridgehead atoms. The Morgan fingerprint density at radius 3 is 2.55 bits per heavy atom. The highest BCUT2D eigenvalue weighted by Crippen LogP contribution is 2.49. The number of ether oxygens (including phenoxy) is 1. The summed E-state index contributed by atoms with van der Waals surface area (Å²) < 4.78 is 4.96. The van der Waals surface area contributed by atoms with E-state index in [0.29, 0.717) is 25.5 Å². The Hall–Kier alpha value is -1.06. The largest absolute Gasteiger partial charge is 0.465 e. The van der Waals surface area contributed by atoms with Crippen molar-refractivity contribution in [1.82, 2.24) is 4.90 Å². The Morgan fingerprint density at radius 1 is 1.20 bits per heavy atom. The Morgan fingerprint density at radius 2 is 2.00 bits per heavy atom. The third kappa shape index (κ3) is 3.74. The van der Waals surface area contributed by atoms with Gasteiger partial charge in [-0.1, -0.05) is 13.3 Å². The van der Waals surface area contributed by atoms with Gasteiger partial charge in [0.2, 0.25) is 5.91 Å². The van der Waals surface area contributed by atoms with E-state index in [9.17, 15) is 9.59 Å². The van der Waals surface area contributed by atoms with Crippen LogP contribution in [0.5, 0.6) is 0 Å². The molecule has 114 valence electrons. The maximum absolute atomic E-state index is 12.4. The van der Waals surface area contributed by atoms with Crippen molar-refractivity contribution in [2.75, 3.05) is 19.7 Å². The topological polar surface area (TPSA) is 46.6 Å². The second-order valence-electron chi connectivity index (χ2n) is 6.26. The van der Waals surface area contributed by atoms with Crippen LogP contribution in [0.1, 0.15) is 52.4 Å². The summed E-state index contributed by atoms with van der Waals surface area (Å²) in [6.07, 6.45) is 6.70. The summed E-state index contributed by atoms with van der Waals surface area (Å²) in [5.41, 5.74) is 0. The molecule has 0 aromatic rings. The van der Waals surface area contributed by atoms with Gasteiger partial charge in [-0.05, 0) is 50.4 Å². The molecule has 20 heavy (non-hydrogen) atoms. The Labute approximate surface area is 121 Å². The predicted octanol–water partition coefficient (Wildman–Crippen LogP) is 2.61. The van der Waals surface area contributed by atoms with Crippen LogP contribution >= 0.6 is 0 Å². The first kappa shape index (κ1) is 15.3. The van der Waals surface area contributed by atoms with Crippen LogP contribution in [0.15, 0.2) is 0 Å². The van der Waals surface area contributed by atoms with Crippen LogP contribution in [0.2, 0.25) is 0 Å². The molecule has 2 saturated carbocycles. The number of nitrogens with zero attached hydrogens (tertiary/aromatic N) is 1. The highest BCUT2D eigenvalue weighted by molar-refractivity contribution is 5.82. The molecule has 0 spiro atoms. The molecule has 0 aromatic heterocycles. The van der Waals surface area contributed by atoms with E-state index < -0.39 is 0 Å². The van der Waals surface area contributed by atoms with Crippen molar-refractivity contribution in [3.05, 3.63) is 0 Å². The summed E-state index contributed by atoms with van der Waals surface area (Å²) >= 11 is 0. The number of fused-ring (bicyclic) bond motifs is 2. The molecule has 3 atom stereocenters. The average Bonchev–Trinajstić information content (AvgIpc) is 3.00. The minimum atomic E-state index is -0.290. The highest BCUT2D eigenvalue weighted by Gasteiger charge is 2.40. The normalized spacial score (nSPS) is 27.6. The van der Waals surface area contributed by atoms with Gasteiger partial charge in [-0.3, -0.25) is 9.59 Å². The van der Waals surface area contributed by atoms with Crippen molar-refractivity contribution < 1.29 is 14.3 Å². The first-order valence-corrected chi connectivity index (χ1v) is 8.07. The zero-order valence-electron chi connectivity index (χ0n) is 12.8. The van der Waals surface area contributed by atoms with E-state index in [1.54, 1.807) is 11.8 Å². The van der Waals surface area contributed by atoms with Crippen LogP contribution < -0.4 is 0 Å². The Bertz CT molecular complexity index is 356. The lowest BCUT2D eigenvalue weighted by molar-refractivity contribution is -0.149. The van der Waals surface area contributed by atoms with Gasteiger partial charge in [0.15, 0.2) is 0 Å². The molecular formula is C16H27NO3. The number of esters is 1. The van der Waals surface area contributed by atoms with Gasteiger partial charge in [0.05, 0.1) is 6.61 Å². The molecule has 2 aliphatic rings. The van der Waals surface area contributed by atoms with Crippen molar-refractivity contribution in [3.8, 4) is 0 Å². The summed E-state index contributed by atoms with van der Waals surface area (Å²) in [5.74, 6) is 2.03. The van der Waals surface area contributed by atoms with Gasteiger partial charge in [-0.25, -0.2) is 0 Å². The van der Waals surface area contributed by atoms with Crippen molar-refractivity contribution in [1.29, 1.82) is 0 Å². The number of hydrogen-bond acceptors (Lipinski definition) is 3. The van der Waals surface area contributed by atoms with Gasteiger partial charge in [-0.2, -0.15) is 0 Å². The molecule has 0 radical (unpaired) electrons. The number of rotatable bonds is 7. The van der Waals surface area contributed by atoms with E-state index >= 15 is 0 Å². The van der Waals surface area contributed by atoms with Gasteiger partial charge in [0.25, 0.3) is 0 Å². The van der Waals surface area contributed by atoms with E-state index in [4.69, 9.17) is 4.74 Å². The predicted molar refractivity (Wildman–Crippen MR) is 77.1 cm³/mol. The molecule has 0 N–H and O–H groups in total. The monoisotopic (exact) mass is 281 g/mol. The molecule has 0 heterocycles. The van der Waals surface area contributed by atoms with Crippen molar-refractivity contribution in [2.45, 2.75) is 52.4 Å². The van der Waals surface area contributed by atoms with Gasteiger partial charge in [0, 0.05) is 13.0 Å². The summed E-state index contributed by atoms with van der Waals surface area (Å²) in [5, 5.41) is 0. The average molecular weight is 281 g/mol. The second kappa shape index (κ2) is 7.09.